The maximum Gasteiger partial charge on any atom is 0.244 e. The Labute approximate surface area is 120 Å². The van der Waals surface area contributed by atoms with E-state index in [9.17, 15) is 8.42 Å². The first-order valence-electron chi connectivity index (χ1n) is 6.93. The van der Waals surface area contributed by atoms with Gasteiger partial charge in [-0.3, -0.25) is 0 Å². The van der Waals surface area contributed by atoms with Gasteiger partial charge in [-0.15, -0.1) is 0 Å². The van der Waals surface area contributed by atoms with Crippen molar-refractivity contribution in [2.75, 3.05) is 32.0 Å². The molecule has 2 rings (SSSR count). The van der Waals surface area contributed by atoms with Crippen LogP contribution in [0.3, 0.4) is 0 Å². The first kappa shape index (κ1) is 15.2. The smallest absolute Gasteiger partial charge is 0.244 e. The van der Waals surface area contributed by atoms with Crippen LogP contribution in [0.1, 0.15) is 19.8 Å². The molecule has 0 amide bonds. The summed E-state index contributed by atoms with van der Waals surface area (Å²) in [7, 11) is -1.49. The minimum absolute atomic E-state index is 0.205. The van der Waals surface area contributed by atoms with Crippen molar-refractivity contribution in [3.05, 3.63) is 18.3 Å². The lowest BCUT2D eigenvalue weighted by atomic mass is 10.4. The lowest BCUT2D eigenvalue weighted by Gasteiger charge is -2.16. The minimum atomic E-state index is -3.52. The van der Waals surface area contributed by atoms with Gasteiger partial charge in [0.15, 0.2) is 0 Å². The number of sulfonamides is 1. The molecule has 0 saturated heterocycles. The van der Waals surface area contributed by atoms with E-state index in [1.807, 2.05) is 14.0 Å². The van der Waals surface area contributed by atoms with Crippen LogP contribution < -0.4 is 10.0 Å². The molecule has 1 fully saturated rings. The number of pyridine rings is 1. The molecule has 0 unspecified atom stereocenters. The maximum absolute atomic E-state index is 12.3. The second-order valence-electron chi connectivity index (χ2n) is 4.99. The molecule has 0 spiro atoms. The molecule has 6 nitrogen and oxygen atoms in total. The number of anilines is 1. The average molecular weight is 298 g/mol. The van der Waals surface area contributed by atoms with Crippen LogP contribution in [-0.2, 0) is 10.0 Å². The Hall–Kier alpha value is -1.18. The van der Waals surface area contributed by atoms with Crippen LogP contribution in [0.15, 0.2) is 23.2 Å². The van der Waals surface area contributed by atoms with Gasteiger partial charge in [-0.2, -0.15) is 0 Å². The highest BCUT2D eigenvalue weighted by molar-refractivity contribution is 7.89. The molecule has 0 aromatic carbocycles. The summed E-state index contributed by atoms with van der Waals surface area (Å²) in [6.45, 7) is 3.67. The summed E-state index contributed by atoms with van der Waals surface area (Å²) in [5.41, 5.74) is 0. The molecular weight excluding hydrogens is 276 g/mol. The maximum atomic E-state index is 12.3. The van der Waals surface area contributed by atoms with Crippen LogP contribution in [0.4, 0.5) is 5.82 Å². The van der Waals surface area contributed by atoms with E-state index in [-0.39, 0.29) is 4.90 Å². The quantitative estimate of drug-likeness (QED) is 0.745. The van der Waals surface area contributed by atoms with Gasteiger partial charge < -0.3 is 10.2 Å². The molecule has 1 saturated carbocycles. The molecule has 0 atom stereocenters. The van der Waals surface area contributed by atoms with Crippen molar-refractivity contribution in [2.45, 2.75) is 30.7 Å². The summed E-state index contributed by atoms with van der Waals surface area (Å²) >= 11 is 0. The molecule has 2 N–H and O–H groups in total. The first-order chi connectivity index (χ1) is 9.54. The van der Waals surface area contributed by atoms with Crippen molar-refractivity contribution < 1.29 is 8.42 Å². The summed E-state index contributed by atoms with van der Waals surface area (Å²) in [5.74, 6) is 0.401. The molecule has 1 aliphatic carbocycles. The number of rotatable bonds is 8. The van der Waals surface area contributed by atoms with Crippen LogP contribution in [0, 0.1) is 0 Å². The fraction of sp³-hybridized carbons (Fsp3) is 0.615. The Morgan fingerprint density at radius 1 is 1.45 bits per heavy atom. The van der Waals surface area contributed by atoms with Gasteiger partial charge in [0, 0.05) is 31.9 Å². The molecule has 112 valence electrons. The van der Waals surface area contributed by atoms with E-state index in [4.69, 9.17) is 0 Å². The number of aromatic nitrogens is 1. The van der Waals surface area contributed by atoms with Crippen molar-refractivity contribution >= 4 is 15.8 Å². The Morgan fingerprint density at radius 3 is 2.85 bits per heavy atom. The van der Waals surface area contributed by atoms with Gasteiger partial charge in [0.1, 0.15) is 10.7 Å². The predicted molar refractivity (Wildman–Crippen MR) is 79.2 cm³/mol. The number of nitrogens with one attached hydrogen (secondary N) is 2. The van der Waals surface area contributed by atoms with Crippen LogP contribution >= 0.6 is 0 Å². The third-order valence-electron chi connectivity index (χ3n) is 3.33. The fourth-order valence-electron chi connectivity index (χ4n) is 2.04. The Morgan fingerprint density at radius 2 is 2.20 bits per heavy atom. The first-order valence-corrected chi connectivity index (χ1v) is 8.41. The van der Waals surface area contributed by atoms with Gasteiger partial charge in [0.2, 0.25) is 10.0 Å². The minimum Gasteiger partial charge on any atom is -0.369 e. The third kappa shape index (κ3) is 3.91. The molecule has 20 heavy (non-hydrogen) atoms. The summed E-state index contributed by atoms with van der Waals surface area (Å²) < 4.78 is 27.2. The lowest BCUT2D eigenvalue weighted by Crippen LogP contribution is -2.34. The monoisotopic (exact) mass is 298 g/mol. The summed E-state index contributed by atoms with van der Waals surface area (Å²) in [5, 5.41) is 2.97. The number of hydrogen-bond acceptors (Lipinski definition) is 5. The van der Waals surface area contributed by atoms with Crippen molar-refractivity contribution in [1.29, 1.82) is 0 Å². The highest BCUT2D eigenvalue weighted by atomic mass is 32.2. The highest BCUT2D eigenvalue weighted by Crippen LogP contribution is 2.24. The number of nitrogens with zero attached hydrogens (tertiary/aromatic N) is 2. The van der Waals surface area contributed by atoms with Crippen LogP contribution in [0.2, 0.25) is 0 Å². The van der Waals surface area contributed by atoms with Gasteiger partial charge in [-0.25, -0.2) is 18.1 Å². The normalized spacial score (nSPS) is 15.6. The SMILES string of the molecule is CCNc1ncccc1S(=O)(=O)NCCN(C)C1CC1. The number of likely N-dealkylation sites (N-methyl/N-ethyl adjacent to an activating group) is 1. The Balaban J connectivity index is 1.98. The fourth-order valence-corrected chi connectivity index (χ4v) is 3.19. The summed E-state index contributed by atoms with van der Waals surface area (Å²) in [6, 6.07) is 3.83. The second-order valence-corrected chi connectivity index (χ2v) is 6.73. The molecule has 0 radical (unpaired) electrons. The molecule has 0 bridgehead atoms. The zero-order valence-corrected chi connectivity index (χ0v) is 12.8. The average Bonchev–Trinajstić information content (AvgIpc) is 3.23. The summed E-state index contributed by atoms with van der Waals surface area (Å²) in [6.07, 6.45) is 4.02. The summed E-state index contributed by atoms with van der Waals surface area (Å²) in [4.78, 5) is 6.47. The topological polar surface area (TPSA) is 74.3 Å². The molecule has 1 aromatic rings. The van der Waals surface area contributed by atoms with Crippen LogP contribution in [0.5, 0.6) is 0 Å². The van der Waals surface area contributed by atoms with Crippen molar-refractivity contribution in [3.8, 4) is 0 Å². The van der Waals surface area contributed by atoms with E-state index in [0.717, 1.165) is 6.54 Å². The van der Waals surface area contributed by atoms with Crippen molar-refractivity contribution in [2.24, 2.45) is 0 Å². The van der Waals surface area contributed by atoms with Crippen LogP contribution in [0.25, 0.3) is 0 Å². The molecule has 1 aliphatic rings. The van der Waals surface area contributed by atoms with E-state index < -0.39 is 10.0 Å². The Bertz CT molecular complexity index is 543. The van der Waals surface area contributed by atoms with Crippen LogP contribution in [-0.4, -0.2) is 51.0 Å². The Kier molecular flexibility index (Phi) is 4.95. The van der Waals surface area contributed by atoms with Gasteiger partial charge in [-0.05, 0) is 38.9 Å². The zero-order chi connectivity index (χ0) is 14.6. The lowest BCUT2D eigenvalue weighted by molar-refractivity contribution is 0.329. The predicted octanol–water partition coefficient (Wildman–Crippen LogP) is 0.886. The van der Waals surface area contributed by atoms with Gasteiger partial charge >= 0.3 is 0 Å². The van der Waals surface area contributed by atoms with Crippen molar-refractivity contribution in [3.63, 3.8) is 0 Å². The van der Waals surface area contributed by atoms with Gasteiger partial charge in [0.05, 0.1) is 0 Å². The molecule has 7 heteroatoms. The van der Waals surface area contributed by atoms with Gasteiger partial charge in [-0.1, -0.05) is 0 Å². The van der Waals surface area contributed by atoms with E-state index in [1.165, 1.54) is 12.8 Å². The largest absolute Gasteiger partial charge is 0.369 e. The molecule has 1 aromatic heterocycles. The standard InChI is InChI=1S/C13H22N4O2S/c1-3-14-13-12(5-4-8-15-13)20(18,19)16-9-10-17(2)11-6-7-11/h4-5,8,11,16H,3,6-7,9-10H2,1-2H3,(H,14,15). The number of hydrogen-bond donors (Lipinski definition) is 2. The molecule has 1 heterocycles. The second kappa shape index (κ2) is 6.51. The molecular formula is C13H22N4O2S. The third-order valence-corrected chi connectivity index (χ3v) is 4.82. The highest BCUT2D eigenvalue weighted by Gasteiger charge is 2.26. The van der Waals surface area contributed by atoms with E-state index in [0.29, 0.717) is 24.9 Å². The zero-order valence-electron chi connectivity index (χ0n) is 12.0. The molecule has 0 aliphatic heterocycles. The van der Waals surface area contributed by atoms with E-state index in [1.54, 1.807) is 18.3 Å². The van der Waals surface area contributed by atoms with E-state index >= 15 is 0 Å². The van der Waals surface area contributed by atoms with Gasteiger partial charge in [0.25, 0.3) is 0 Å². The van der Waals surface area contributed by atoms with Crippen molar-refractivity contribution in [1.82, 2.24) is 14.6 Å². The van der Waals surface area contributed by atoms with E-state index in [2.05, 4.69) is 19.9 Å².